The van der Waals surface area contributed by atoms with Crippen molar-refractivity contribution in [1.82, 2.24) is 14.9 Å². The van der Waals surface area contributed by atoms with E-state index < -0.39 is 22.2 Å². The average Bonchev–Trinajstić information content (AvgIpc) is 3.68. The van der Waals surface area contributed by atoms with Gasteiger partial charge in [-0.1, -0.05) is 48.5 Å². The Labute approximate surface area is 236 Å². The zero-order valence-corrected chi connectivity index (χ0v) is 23.4. The molecule has 0 amide bonds. The number of sulfonamides is 1. The van der Waals surface area contributed by atoms with Gasteiger partial charge in [-0.3, -0.25) is 0 Å². The van der Waals surface area contributed by atoms with Gasteiger partial charge < -0.3 is 15.3 Å². The number of hydrogen-bond acceptors (Lipinski definition) is 6. The molecule has 216 valence electrons. The van der Waals surface area contributed by atoms with Gasteiger partial charge in [-0.25, -0.2) is 17.9 Å². The van der Waals surface area contributed by atoms with Crippen molar-refractivity contribution in [3.05, 3.63) is 77.4 Å². The highest BCUT2D eigenvalue weighted by Gasteiger charge is 2.38. The van der Waals surface area contributed by atoms with E-state index in [9.17, 15) is 21.6 Å². The molecular formula is C28H32F3N3O4S2. The van der Waals surface area contributed by atoms with Crippen LogP contribution in [-0.2, 0) is 34.2 Å². The second kappa shape index (κ2) is 13.3. The van der Waals surface area contributed by atoms with E-state index in [1.165, 1.54) is 40.9 Å². The summed E-state index contributed by atoms with van der Waals surface area (Å²) in [5.74, 6) is -2.76. The molecular weight excluding hydrogens is 563 g/mol. The van der Waals surface area contributed by atoms with Gasteiger partial charge in [0.05, 0.1) is 0 Å². The van der Waals surface area contributed by atoms with Crippen LogP contribution in [0.3, 0.4) is 0 Å². The van der Waals surface area contributed by atoms with Gasteiger partial charge in [0.2, 0.25) is 10.0 Å². The number of carboxylic acid groups (broad SMARTS) is 1. The molecule has 40 heavy (non-hydrogen) atoms. The molecule has 5 rings (SSSR count). The third kappa shape index (κ3) is 8.37. The summed E-state index contributed by atoms with van der Waals surface area (Å²) >= 11 is 1.33. The first-order valence-electron chi connectivity index (χ1n) is 13.0. The fraction of sp³-hybridized carbons (Fsp3) is 0.393. The third-order valence-corrected chi connectivity index (χ3v) is 9.98. The van der Waals surface area contributed by atoms with Gasteiger partial charge in [0.1, 0.15) is 4.21 Å². The minimum Gasteiger partial charge on any atom is -0.475 e. The fourth-order valence-electron chi connectivity index (χ4n) is 4.79. The molecule has 1 fully saturated rings. The molecule has 1 aliphatic heterocycles. The van der Waals surface area contributed by atoms with Crippen LogP contribution in [0.2, 0.25) is 0 Å². The molecule has 3 aromatic rings. The summed E-state index contributed by atoms with van der Waals surface area (Å²) in [4.78, 5) is 12.2. The van der Waals surface area contributed by atoms with Crippen molar-refractivity contribution in [1.29, 1.82) is 0 Å². The van der Waals surface area contributed by atoms with Crippen molar-refractivity contribution < 1.29 is 31.5 Å². The van der Waals surface area contributed by atoms with Crippen molar-refractivity contribution in [2.24, 2.45) is 0 Å². The average molecular weight is 596 g/mol. The zero-order chi connectivity index (χ0) is 28.8. The third-order valence-electron chi connectivity index (χ3n) is 6.89. The monoisotopic (exact) mass is 595 g/mol. The normalized spacial score (nSPS) is 16.0. The van der Waals surface area contributed by atoms with E-state index in [2.05, 4.69) is 63.5 Å². The Morgan fingerprint density at radius 1 is 0.975 bits per heavy atom. The highest BCUT2D eigenvalue weighted by atomic mass is 32.2. The lowest BCUT2D eigenvalue weighted by Crippen LogP contribution is -2.33. The van der Waals surface area contributed by atoms with Gasteiger partial charge in [-0.15, -0.1) is 11.3 Å². The van der Waals surface area contributed by atoms with Crippen LogP contribution in [0, 0.1) is 0 Å². The molecule has 0 unspecified atom stereocenters. The maximum Gasteiger partial charge on any atom is 0.490 e. The van der Waals surface area contributed by atoms with E-state index >= 15 is 0 Å². The Hall–Kier alpha value is -2.77. The van der Waals surface area contributed by atoms with Crippen LogP contribution in [0.5, 0.6) is 0 Å². The van der Waals surface area contributed by atoms with Crippen LogP contribution in [0.15, 0.2) is 64.9 Å². The smallest absolute Gasteiger partial charge is 0.475 e. The van der Waals surface area contributed by atoms with Crippen molar-refractivity contribution in [2.45, 2.75) is 48.7 Å². The van der Waals surface area contributed by atoms with E-state index in [0.717, 1.165) is 49.5 Å². The van der Waals surface area contributed by atoms with Crippen LogP contribution >= 0.6 is 11.3 Å². The molecule has 1 saturated heterocycles. The summed E-state index contributed by atoms with van der Waals surface area (Å²) in [7, 11) is -3.46. The minimum absolute atomic E-state index is 0.380. The lowest BCUT2D eigenvalue weighted by atomic mass is 10.1. The van der Waals surface area contributed by atoms with Gasteiger partial charge in [0.25, 0.3) is 0 Å². The number of carboxylic acids is 1. The lowest BCUT2D eigenvalue weighted by molar-refractivity contribution is -0.192. The molecule has 2 aromatic carbocycles. The second-order valence-electron chi connectivity index (χ2n) is 9.82. The maximum absolute atomic E-state index is 12.7. The molecule has 0 spiro atoms. The Morgan fingerprint density at radius 2 is 1.57 bits per heavy atom. The van der Waals surface area contributed by atoms with Crippen LogP contribution in [0.1, 0.15) is 29.5 Å². The van der Waals surface area contributed by atoms with Gasteiger partial charge in [0.15, 0.2) is 0 Å². The largest absolute Gasteiger partial charge is 0.490 e. The van der Waals surface area contributed by atoms with Crippen LogP contribution in [-0.4, -0.2) is 62.8 Å². The number of rotatable bonds is 9. The summed E-state index contributed by atoms with van der Waals surface area (Å²) in [6.07, 6.45) is -0.477. The van der Waals surface area contributed by atoms with E-state index in [-0.39, 0.29) is 0 Å². The molecule has 2 aliphatic rings. The predicted octanol–water partition coefficient (Wildman–Crippen LogP) is 4.68. The van der Waals surface area contributed by atoms with Crippen LogP contribution < -0.4 is 10.0 Å². The molecule has 1 aromatic heterocycles. The number of alkyl halides is 3. The number of fused-ring (bicyclic) bond motifs is 1. The number of carbonyl (C=O) groups is 1. The Bertz CT molecular complexity index is 1360. The molecule has 2 heterocycles. The maximum atomic E-state index is 12.7. The first-order valence-corrected chi connectivity index (χ1v) is 15.3. The molecule has 0 atom stereocenters. The lowest BCUT2D eigenvalue weighted by Gasteiger charge is -2.14. The van der Waals surface area contributed by atoms with Crippen molar-refractivity contribution >= 4 is 27.3 Å². The summed E-state index contributed by atoms with van der Waals surface area (Å²) in [6, 6.07) is 21.2. The Kier molecular flexibility index (Phi) is 10.0. The van der Waals surface area contributed by atoms with E-state index in [4.69, 9.17) is 9.90 Å². The molecule has 7 nitrogen and oxygen atoms in total. The molecule has 0 bridgehead atoms. The van der Waals surface area contributed by atoms with Crippen LogP contribution in [0.4, 0.5) is 13.2 Å². The van der Waals surface area contributed by atoms with Crippen molar-refractivity contribution in [3.63, 3.8) is 0 Å². The first kappa shape index (κ1) is 30.2. The molecule has 0 saturated carbocycles. The van der Waals surface area contributed by atoms with Gasteiger partial charge >= 0.3 is 12.1 Å². The molecule has 1 aliphatic carbocycles. The van der Waals surface area contributed by atoms with Gasteiger partial charge in [0, 0.05) is 30.6 Å². The highest BCUT2D eigenvalue weighted by molar-refractivity contribution is 7.91. The summed E-state index contributed by atoms with van der Waals surface area (Å²) in [5, 5.41) is 10.8. The number of thiophene rings is 1. The summed E-state index contributed by atoms with van der Waals surface area (Å²) in [6.45, 7) is 4.22. The van der Waals surface area contributed by atoms with Gasteiger partial charge in [-0.05, 0) is 73.2 Å². The summed E-state index contributed by atoms with van der Waals surface area (Å²) in [5.41, 5.74) is 5.21. The number of nitrogens with one attached hydrogen (secondary N) is 2. The number of nitrogens with zero attached hydrogens (tertiary/aromatic N) is 1. The first-order chi connectivity index (χ1) is 19.0. The Morgan fingerprint density at radius 3 is 2.15 bits per heavy atom. The number of halogens is 3. The minimum atomic E-state index is -5.08. The number of aliphatic carboxylic acids is 1. The van der Waals surface area contributed by atoms with E-state index in [1.54, 1.807) is 6.07 Å². The van der Waals surface area contributed by atoms with E-state index in [1.807, 2.05) is 6.07 Å². The molecule has 0 radical (unpaired) electrons. The SMILES string of the molecule is O=C(O)C(F)(F)F.O=S(=O)(NCCN1CCCC1)c1ccc(-c2ccc(CNC3Cc4ccccc4C3)cc2)s1. The second-order valence-corrected chi connectivity index (χ2v) is 12.9. The predicted molar refractivity (Wildman–Crippen MR) is 149 cm³/mol. The topological polar surface area (TPSA) is 98.7 Å². The number of likely N-dealkylation sites (tertiary alicyclic amines) is 1. The molecule has 3 N–H and O–H groups in total. The Balaban J connectivity index is 0.000000470. The summed E-state index contributed by atoms with van der Waals surface area (Å²) < 4.78 is 60.2. The highest BCUT2D eigenvalue weighted by Crippen LogP contribution is 2.31. The van der Waals surface area contributed by atoms with E-state index in [0.29, 0.717) is 16.8 Å². The quantitative estimate of drug-likeness (QED) is 0.333. The van der Waals surface area contributed by atoms with Crippen molar-refractivity contribution in [2.75, 3.05) is 26.2 Å². The van der Waals surface area contributed by atoms with Crippen LogP contribution in [0.25, 0.3) is 10.4 Å². The standard InChI is InChI=1S/C26H31N3O2S2.C2HF3O2/c30-33(31,28-13-16-29-14-3-4-15-29)26-12-11-25(32-26)21-9-7-20(8-10-21)19-27-24-17-22-5-1-2-6-23(22)18-24;3-2(4,5)1(6)7/h1-2,5-12,24,27-28H,3-4,13-19H2;(H,6,7). The number of benzene rings is 2. The van der Waals surface area contributed by atoms with Gasteiger partial charge in [-0.2, -0.15) is 13.2 Å². The fourth-order valence-corrected chi connectivity index (χ4v) is 7.16. The van der Waals surface area contributed by atoms with Crippen molar-refractivity contribution in [3.8, 4) is 10.4 Å². The molecule has 12 heteroatoms. The number of hydrogen-bond donors (Lipinski definition) is 3. The zero-order valence-electron chi connectivity index (χ0n) is 21.8.